The van der Waals surface area contributed by atoms with E-state index < -0.39 is 5.83 Å². The lowest BCUT2D eigenvalue weighted by Gasteiger charge is -2.15. The number of hydrogen-bond donors (Lipinski definition) is 1. The van der Waals surface area contributed by atoms with Crippen LogP contribution in [0.25, 0.3) is 16.5 Å². The van der Waals surface area contributed by atoms with Crippen LogP contribution in [0.5, 0.6) is 0 Å². The molecule has 2 N–H and O–H groups in total. The maximum atomic E-state index is 14.8. The molecule has 3 rings (SSSR count). The third-order valence-corrected chi connectivity index (χ3v) is 5.67. The average Bonchev–Trinajstić information content (AvgIpc) is 2.83. The quantitative estimate of drug-likeness (QED) is 0.194. The summed E-state index contributed by atoms with van der Waals surface area (Å²) >= 11 is 6.12. The molecule has 180 valence electrons. The number of halogens is 2. The van der Waals surface area contributed by atoms with Crippen LogP contribution < -0.4 is 5.73 Å². The molecular weight excluding hydrogens is 437 g/mol. The van der Waals surface area contributed by atoms with E-state index >= 15 is 0 Å². The number of amidine groups is 1. The Morgan fingerprint density at radius 2 is 2.00 bits per heavy atom. The number of aromatic nitrogens is 1. The van der Waals surface area contributed by atoms with E-state index in [1.807, 2.05) is 30.5 Å². The van der Waals surface area contributed by atoms with Crippen molar-refractivity contribution in [2.45, 2.75) is 71.6 Å². The van der Waals surface area contributed by atoms with Crippen molar-refractivity contribution in [2.24, 2.45) is 10.7 Å². The van der Waals surface area contributed by atoms with Gasteiger partial charge in [-0.1, -0.05) is 39.3 Å². The molecule has 1 aliphatic rings. The summed E-state index contributed by atoms with van der Waals surface area (Å²) in [5.41, 5.74) is 9.91. The fourth-order valence-electron chi connectivity index (χ4n) is 3.77. The van der Waals surface area contributed by atoms with E-state index in [-0.39, 0.29) is 5.92 Å². The number of benzene rings is 1. The molecule has 6 heteroatoms. The highest BCUT2D eigenvalue weighted by atomic mass is 35.5. The number of hydrogen-bond acceptors (Lipinski definition) is 3. The zero-order valence-electron chi connectivity index (χ0n) is 20.3. The molecule has 0 aliphatic carbocycles. The highest BCUT2D eigenvalue weighted by Crippen LogP contribution is 2.33. The van der Waals surface area contributed by atoms with Gasteiger partial charge in [0.25, 0.3) is 0 Å². The van der Waals surface area contributed by atoms with Crippen LogP contribution in [0.1, 0.15) is 82.4 Å². The number of rotatable bonds is 7. The first kappa shape index (κ1) is 27.0. The summed E-state index contributed by atoms with van der Waals surface area (Å²) in [5.74, 6) is 0.599. The molecule has 2 aromatic rings. The Hall–Kier alpha value is -2.24. The molecule has 0 radical (unpaired) electrons. The minimum absolute atomic E-state index is 0.285. The largest absolute Gasteiger partial charge is 0.387 e. The molecule has 0 spiro atoms. The van der Waals surface area contributed by atoms with Crippen LogP contribution in [-0.4, -0.2) is 24.0 Å². The minimum Gasteiger partial charge on any atom is -0.387 e. The predicted octanol–water partition coefficient (Wildman–Crippen LogP) is 7.66. The number of unbranched alkanes of at least 4 members (excludes halogenated alkanes) is 1. The number of ether oxygens (including phenoxy) is 1. The molecule has 0 unspecified atom stereocenters. The fraction of sp³-hybridized carbons (Fsp3) is 0.481. The van der Waals surface area contributed by atoms with Crippen molar-refractivity contribution in [2.75, 3.05) is 13.2 Å². The number of fused-ring (bicyclic) bond motifs is 1. The fourth-order valence-corrected chi connectivity index (χ4v) is 3.98. The van der Waals surface area contributed by atoms with E-state index in [4.69, 9.17) is 22.1 Å². The van der Waals surface area contributed by atoms with Gasteiger partial charge in [-0.3, -0.25) is 4.98 Å². The summed E-state index contributed by atoms with van der Waals surface area (Å²) < 4.78 is 19.9. The summed E-state index contributed by atoms with van der Waals surface area (Å²) in [6.45, 7) is 9.95. The average molecular weight is 474 g/mol. The summed E-state index contributed by atoms with van der Waals surface area (Å²) in [6.07, 6.45) is 10.5. The molecule has 0 amide bonds. The van der Waals surface area contributed by atoms with Crippen LogP contribution in [0.4, 0.5) is 4.39 Å². The Bertz CT molecular complexity index is 979. The standard InChI is InChI=1S/C22H27ClFN3.C5H10O/c1-5-6-7-18(20(24)13-26-15(4)25)16-8-9-21-19(10-16)22(14(2)3)17(11-23)12-27-21;1-2-4-6-5-3-1/h7-10,12-14H,5-6,11H2,1-4H3,(H2,25,26);1-5H2/b18-7+,20-13+;. The molecule has 4 nitrogen and oxygen atoms in total. The van der Waals surface area contributed by atoms with Crippen molar-refractivity contribution in [3.8, 4) is 0 Å². The second kappa shape index (κ2) is 14.1. The molecule has 0 bridgehead atoms. The number of aliphatic imine (C=N–C) groups is 1. The smallest absolute Gasteiger partial charge is 0.148 e. The maximum absolute atomic E-state index is 14.8. The Balaban J connectivity index is 0.000000554. The van der Waals surface area contributed by atoms with E-state index in [0.29, 0.717) is 17.3 Å². The number of nitrogens with two attached hydrogens (primary N) is 1. The van der Waals surface area contributed by atoms with Gasteiger partial charge < -0.3 is 10.5 Å². The maximum Gasteiger partial charge on any atom is 0.148 e. The Labute approximate surface area is 202 Å². The van der Waals surface area contributed by atoms with Crippen molar-refractivity contribution in [1.82, 2.24) is 4.98 Å². The van der Waals surface area contributed by atoms with Crippen LogP contribution in [0.3, 0.4) is 0 Å². The van der Waals surface area contributed by atoms with Gasteiger partial charge in [0.05, 0.1) is 17.6 Å². The lowest BCUT2D eigenvalue weighted by atomic mass is 9.92. The van der Waals surface area contributed by atoms with Crippen LogP contribution in [0.15, 0.2) is 47.5 Å². The molecule has 0 saturated carbocycles. The van der Waals surface area contributed by atoms with Gasteiger partial charge >= 0.3 is 0 Å². The van der Waals surface area contributed by atoms with Gasteiger partial charge in [-0.05, 0) is 67.3 Å². The first-order chi connectivity index (χ1) is 15.9. The molecule has 1 aromatic carbocycles. The monoisotopic (exact) mass is 473 g/mol. The third kappa shape index (κ3) is 8.24. The highest BCUT2D eigenvalue weighted by Gasteiger charge is 2.15. The molecule has 1 aromatic heterocycles. The second-order valence-electron chi connectivity index (χ2n) is 8.54. The zero-order chi connectivity index (χ0) is 24.2. The molecule has 1 saturated heterocycles. The van der Waals surface area contributed by atoms with Gasteiger partial charge in [0.1, 0.15) is 5.83 Å². The topological polar surface area (TPSA) is 60.5 Å². The van der Waals surface area contributed by atoms with Gasteiger partial charge in [-0.25, -0.2) is 9.38 Å². The van der Waals surface area contributed by atoms with Crippen LogP contribution in [-0.2, 0) is 10.6 Å². The van der Waals surface area contributed by atoms with Gasteiger partial charge in [0, 0.05) is 36.2 Å². The van der Waals surface area contributed by atoms with Crippen molar-refractivity contribution in [3.63, 3.8) is 0 Å². The number of allylic oxidation sites excluding steroid dienone is 3. The van der Waals surface area contributed by atoms with E-state index in [2.05, 4.69) is 30.7 Å². The van der Waals surface area contributed by atoms with E-state index in [1.165, 1.54) is 25.5 Å². The van der Waals surface area contributed by atoms with Crippen LogP contribution in [0, 0.1) is 0 Å². The van der Waals surface area contributed by atoms with Gasteiger partial charge in [-0.2, -0.15) is 0 Å². The van der Waals surface area contributed by atoms with Crippen molar-refractivity contribution in [3.05, 3.63) is 59.2 Å². The van der Waals surface area contributed by atoms with Gasteiger partial charge in [-0.15, -0.1) is 11.6 Å². The second-order valence-corrected chi connectivity index (χ2v) is 8.81. The first-order valence-electron chi connectivity index (χ1n) is 11.8. The molecule has 0 atom stereocenters. The molecule has 1 fully saturated rings. The van der Waals surface area contributed by atoms with E-state index in [9.17, 15) is 4.39 Å². The van der Waals surface area contributed by atoms with Crippen molar-refractivity contribution < 1.29 is 9.13 Å². The Morgan fingerprint density at radius 3 is 2.52 bits per heavy atom. The van der Waals surface area contributed by atoms with Crippen molar-refractivity contribution in [1.29, 1.82) is 0 Å². The van der Waals surface area contributed by atoms with Gasteiger partial charge in [0.2, 0.25) is 0 Å². The summed E-state index contributed by atoms with van der Waals surface area (Å²) in [7, 11) is 0. The minimum atomic E-state index is -0.403. The normalized spacial score (nSPS) is 15.5. The first-order valence-corrected chi connectivity index (χ1v) is 12.3. The number of nitrogens with zero attached hydrogens (tertiary/aromatic N) is 2. The van der Waals surface area contributed by atoms with E-state index in [1.54, 1.807) is 6.92 Å². The number of alkyl halides is 1. The molecular formula is C27H37ClFN3O. The third-order valence-electron chi connectivity index (χ3n) is 5.38. The summed E-state index contributed by atoms with van der Waals surface area (Å²) in [4.78, 5) is 8.41. The predicted molar refractivity (Wildman–Crippen MR) is 139 cm³/mol. The Morgan fingerprint density at radius 1 is 1.27 bits per heavy atom. The molecule has 2 heterocycles. The van der Waals surface area contributed by atoms with Crippen molar-refractivity contribution >= 4 is 33.9 Å². The summed E-state index contributed by atoms with van der Waals surface area (Å²) in [6, 6.07) is 5.83. The molecule has 1 aliphatic heterocycles. The Kier molecular flexibility index (Phi) is 11.6. The lowest BCUT2D eigenvalue weighted by Crippen LogP contribution is -2.03. The highest BCUT2D eigenvalue weighted by molar-refractivity contribution is 6.17. The summed E-state index contributed by atoms with van der Waals surface area (Å²) in [5, 5.41) is 1.01. The van der Waals surface area contributed by atoms with E-state index in [0.717, 1.165) is 53.6 Å². The van der Waals surface area contributed by atoms with Gasteiger partial charge in [0.15, 0.2) is 0 Å². The van der Waals surface area contributed by atoms with Crippen LogP contribution >= 0.6 is 11.6 Å². The lowest BCUT2D eigenvalue weighted by molar-refractivity contribution is 0.0968. The SMILES string of the molecule is C1CCOCC1.CCC/C=C(/C(F)=C\N=C(C)N)c1ccc2ncc(CCl)c(C(C)C)c2c1. The molecule has 33 heavy (non-hydrogen) atoms. The number of pyridine rings is 1. The van der Waals surface area contributed by atoms with Crippen LogP contribution in [0.2, 0.25) is 0 Å². The zero-order valence-corrected chi connectivity index (χ0v) is 21.1.